The van der Waals surface area contributed by atoms with Gasteiger partial charge in [0.25, 0.3) is 0 Å². The van der Waals surface area contributed by atoms with Crippen molar-refractivity contribution >= 4 is 35.0 Å². The summed E-state index contributed by atoms with van der Waals surface area (Å²) in [5.41, 5.74) is 1.70. The molecule has 0 heterocycles. The van der Waals surface area contributed by atoms with Crippen molar-refractivity contribution in [2.75, 3.05) is 0 Å². The number of amides is 1. The Bertz CT molecular complexity index is 473. The lowest BCUT2D eigenvalue weighted by molar-refractivity contribution is -0.129. The van der Waals surface area contributed by atoms with Gasteiger partial charge in [0.05, 0.1) is 0 Å². The Balaban J connectivity index is 3.04. The SMILES string of the molecule is O=C(CCCCCCCCCCCCCCCCCCCCCCCCCCCCCC(=S)S)NO. The van der Waals surface area contributed by atoms with Crippen LogP contribution in [0.15, 0.2) is 0 Å². The lowest BCUT2D eigenvalue weighted by Gasteiger charge is -2.04. The highest BCUT2D eigenvalue weighted by Crippen LogP contribution is 2.16. The third kappa shape index (κ3) is 31.9. The van der Waals surface area contributed by atoms with Gasteiger partial charge in [-0.3, -0.25) is 10.0 Å². The Morgan fingerprint density at radius 3 is 0.833 bits per heavy atom. The lowest BCUT2D eigenvalue weighted by atomic mass is 10.0. The van der Waals surface area contributed by atoms with E-state index in [0.717, 1.165) is 23.5 Å². The van der Waals surface area contributed by atoms with E-state index in [1.54, 1.807) is 5.48 Å². The Morgan fingerprint density at radius 1 is 0.444 bits per heavy atom. The van der Waals surface area contributed by atoms with E-state index in [1.807, 2.05) is 0 Å². The van der Waals surface area contributed by atoms with Crippen LogP contribution in [0.2, 0.25) is 0 Å². The summed E-state index contributed by atoms with van der Waals surface area (Å²) in [6.07, 6.45) is 38.4. The van der Waals surface area contributed by atoms with Gasteiger partial charge in [0.2, 0.25) is 5.91 Å². The van der Waals surface area contributed by atoms with E-state index in [2.05, 4.69) is 12.6 Å². The molecule has 0 aromatic carbocycles. The fourth-order valence-corrected chi connectivity index (χ4v) is 5.34. The Labute approximate surface area is 236 Å². The van der Waals surface area contributed by atoms with Crippen molar-refractivity contribution in [1.29, 1.82) is 0 Å². The van der Waals surface area contributed by atoms with Crippen molar-refractivity contribution in [3.05, 3.63) is 0 Å². The fraction of sp³-hybridized carbons (Fsp3) is 0.935. The summed E-state index contributed by atoms with van der Waals surface area (Å²) in [6.45, 7) is 0. The van der Waals surface area contributed by atoms with Crippen LogP contribution < -0.4 is 5.48 Å². The molecule has 214 valence electrons. The maximum Gasteiger partial charge on any atom is 0.243 e. The van der Waals surface area contributed by atoms with Crippen molar-refractivity contribution in [1.82, 2.24) is 5.48 Å². The molecule has 0 saturated heterocycles. The average molecular weight is 544 g/mol. The molecule has 2 N–H and O–H groups in total. The largest absolute Gasteiger partial charge is 0.289 e. The Kier molecular flexibility index (Phi) is 31.0. The zero-order valence-corrected chi connectivity index (χ0v) is 25.4. The number of carbonyl (C=O) groups is 1. The second-order valence-corrected chi connectivity index (χ2v) is 12.3. The van der Waals surface area contributed by atoms with Gasteiger partial charge in [-0.15, -0.1) is 12.6 Å². The van der Waals surface area contributed by atoms with Crippen LogP contribution in [-0.2, 0) is 4.79 Å². The number of hydrogen-bond donors (Lipinski definition) is 3. The molecule has 0 aromatic heterocycles. The van der Waals surface area contributed by atoms with Crippen LogP contribution in [0.3, 0.4) is 0 Å². The van der Waals surface area contributed by atoms with Crippen LogP contribution in [0.25, 0.3) is 0 Å². The van der Waals surface area contributed by atoms with Gasteiger partial charge in [0.1, 0.15) is 0 Å². The Morgan fingerprint density at radius 2 is 0.639 bits per heavy atom. The van der Waals surface area contributed by atoms with Crippen LogP contribution in [0.5, 0.6) is 0 Å². The van der Waals surface area contributed by atoms with Crippen molar-refractivity contribution in [3.8, 4) is 0 Å². The van der Waals surface area contributed by atoms with Crippen molar-refractivity contribution in [2.45, 2.75) is 186 Å². The number of rotatable bonds is 30. The summed E-state index contributed by atoms with van der Waals surface area (Å²) in [4.78, 5) is 10.9. The van der Waals surface area contributed by atoms with Gasteiger partial charge in [0, 0.05) is 10.6 Å². The number of nitrogens with one attached hydrogen (secondary N) is 1. The highest BCUT2D eigenvalue weighted by Gasteiger charge is 1.99. The average Bonchev–Trinajstić information content (AvgIpc) is 2.87. The van der Waals surface area contributed by atoms with E-state index < -0.39 is 0 Å². The van der Waals surface area contributed by atoms with Crippen molar-refractivity contribution in [3.63, 3.8) is 0 Å². The first-order valence-corrected chi connectivity index (χ1v) is 16.7. The fourth-order valence-electron chi connectivity index (χ4n) is 5.04. The molecule has 0 saturated carbocycles. The molecule has 0 aliphatic rings. The minimum absolute atomic E-state index is 0.258. The summed E-state index contributed by atoms with van der Waals surface area (Å²) in [5.74, 6) is -0.258. The van der Waals surface area contributed by atoms with Crippen LogP contribution in [0.1, 0.15) is 186 Å². The molecule has 36 heavy (non-hydrogen) atoms. The number of carbonyl (C=O) groups excluding carboxylic acids is 1. The summed E-state index contributed by atoms with van der Waals surface area (Å²) >= 11 is 9.18. The molecule has 3 nitrogen and oxygen atoms in total. The smallest absolute Gasteiger partial charge is 0.243 e. The molecule has 0 fully saturated rings. The summed E-state index contributed by atoms with van der Waals surface area (Å²) in [6, 6.07) is 0. The summed E-state index contributed by atoms with van der Waals surface area (Å²) < 4.78 is 0.870. The third-order valence-electron chi connectivity index (χ3n) is 7.42. The van der Waals surface area contributed by atoms with E-state index in [1.165, 1.54) is 161 Å². The van der Waals surface area contributed by atoms with Gasteiger partial charge in [-0.25, -0.2) is 5.48 Å². The maximum absolute atomic E-state index is 10.9. The zero-order valence-electron chi connectivity index (χ0n) is 23.7. The highest BCUT2D eigenvalue weighted by molar-refractivity contribution is 8.11. The first-order chi connectivity index (χ1) is 17.7. The second kappa shape index (κ2) is 31.1. The molecule has 0 aliphatic heterocycles. The molecule has 5 heteroatoms. The molecular weight excluding hydrogens is 482 g/mol. The van der Waals surface area contributed by atoms with E-state index in [9.17, 15) is 4.79 Å². The predicted octanol–water partition coefficient (Wildman–Crippen LogP) is 11.1. The van der Waals surface area contributed by atoms with Crippen LogP contribution in [0, 0.1) is 0 Å². The Hall–Kier alpha value is -0.130. The third-order valence-corrected chi connectivity index (χ3v) is 7.85. The van der Waals surface area contributed by atoms with Gasteiger partial charge in [-0.1, -0.05) is 173 Å². The normalized spacial score (nSPS) is 11.2. The number of hydrogen-bond acceptors (Lipinski definition) is 3. The quantitative estimate of drug-likeness (QED) is 0.0277. The lowest BCUT2D eigenvalue weighted by Crippen LogP contribution is -2.17. The first kappa shape index (κ1) is 35.9. The van der Waals surface area contributed by atoms with E-state index in [4.69, 9.17) is 17.4 Å². The van der Waals surface area contributed by atoms with Crippen molar-refractivity contribution in [2.24, 2.45) is 0 Å². The predicted molar refractivity (Wildman–Crippen MR) is 165 cm³/mol. The molecule has 0 bridgehead atoms. The minimum atomic E-state index is -0.258. The van der Waals surface area contributed by atoms with Crippen LogP contribution in [0.4, 0.5) is 0 Å². The maximum atomic E-state index is 10.9. The number of thiocarbonyl (C=S) groups is 1. The molecule has 0 unspecified atom stereocenters. The zero-order chi connectivity index (χ0) is 26.4. The molecule has 0 radical (unpaired) electrons. The van der Waals surface area contributed by atoms with Gasteiger partial charge in [0.15, 0.2) is 0 Å². The molecular formula is C31H61NO2S2. The van der Waals surface area contributed by atoms with E-state index in [-0.39, 0.29) is 5.91 Å². The molecule has 0 spiro atoms. The topological polar surface area (TPSA) is 49.3 Å². The monoisotopic (exact) mass is 543 g/mol. The molecule has 0 aliphatic carbocycles. The highest BCUT2D eigenvalue weighted by atomic mass is 32.1. The number of unbranched alkanes of at least 4 members (excludes halogenated alkanes) is 26. The van der Waals surface area contributed by atoms with Gasteiger partial charge < -0.3 is 0 Å². The molecule has 0 atom stereocenters. The number of thiol groups is 1. The van der Waals surface area contributed by atoms with Gasteiger partial charge >= 0.3 is 0 Å². The van der Waals surface area contributed by atoms with Gasteiger partial charge in [-0.05, 0) is 19.3 Å². The standard InChI is InChI=1S/C31H61NO2S2/c33-30(32-34)28-26-24-22-20-18-16-14-12-10-8-6-4-2-1-3-5-7-9-11-13-15-17-19-21-23-25-27-29-31(35)36/h34H,1-29H2,(H,32,33)(H,35,36). The summed E-state index contributed by atoms with van der Waals surface area (Å²) in [5, 5.41) is 8.44. The molecule has 0 rings (SSSR count). The van der Waals surface area contributed by atoms with E-state index in [0.29, 0.717) is 6.42 Å². The minimum Gasteiger partial charge on any atom is -0.289 e. The first-order valence-electron chi connectivity index (χ1n) is 15.8. The van der Waals surface area contributed by atoms with Crippen molar-refractivity contribution < 1.29 is 10.0 Å². The van der Waals surface area contributed by atoms with Gasteiger partial charge in [-0.2, -0.15) is 0 Å². The number of hydroxylamine groups is 1. The molecule has 0 aromatic rings. The van der Waals surface area contributed by atoms with E-state index >= 15 is 0 Å². The van der Waals surface area contributed by atoms with Crippen LogP contribution in [-0.4, -0.2) is 15.3 Å². The summed E-state index contributed by atoms with van der Waals surface area (Å²) in [7, 11) is 0. The second-order valence-electron chi connectivity index (χ2n) is 11.0. The van der Waals surface area contributed by atoms with Crippen LogP contribution >= 0.6 is 24.8 Å². The molecule has 1 amide bonds.